The maximum Gasteiger partial charge on any atom is 0.292 e. The van der Waals surface area contributed by atoms with E-state index < -0.39 is 20.6 Å². The molecule has 0 aliphatic heterocycles. The Bertz CT molecular complexity index is 673. The van der Waals surface area contributed by atoms with Gasteiger partial charge in [-0.25, -0.2) is 0 Å². The Morgan fingerprint density at radius 2 is 1.60 bits per heavy atom. The minimum atomic E-state index is -5.39. The minimum absolute atomic E-state index is 0.0956. The molecule has 25 heavy (non-hydrogen) atoms. The Morgan fingerprint density at radius 1 is 1.16 bits per heavy atom. The van der Waals surface area contributed by atoms with Gasteiger partial charge in [0, 0.05) is 23.2 Å². The lowest BCUT2D eigenvalue weighted by Crippen LogP contribution is -2.24. The molecule has 1 aromatic rings. The van der Waals surface area contributed by atoms with E-state index in [2.05, 4.69) is 15.3 Å². The molecular formula is C8H9N5O10P2-6. The van der Waals surface area contributed by atoms with Crippen LogP contribution in [0.5, 0.6) is 0 Å². The molecule has 0 spiro atoms. The van der Waals surface area contributed by atoms with E-state index in [1.165, 1.54) is 18.2 Å². The molecule has 1 rings (SSSR count). The average Bonchev–Trinajstić information content (AvgIpc) is 2.37. The van der Waals surface area contributed by atoms with Crippen LogP contribution in [0.25, 0.3) is 10.4 Å². The standard InChI is InChI=1S/C8H9N5O2.2H3O4P/c1-2-10-7-4-3-6(11-12-9)5-8(7)13(14)15;2*1-5(2,3)4/h3-5,10H,2H2,1H3;2*(H3,1,2,3,4)/p-6. The van der Waals surface area contributed by atoms with E-state index in [0.29, 0.717) is 12.2 Å². The average molecular weight is 397 g/mol. The Kier molecular flexibility index (Phi) is 11.6. The van der Waals surface area contributed by atoms with Crippen LogP contribution in [0, 0.1) is 10.1 Å². The summed E-state index contributed by atoms with van der Waals surface area (Å²) in [6.07, 6.45) is 0. The van der Waals surface area contributed by atoms with Crippen LogP contribution >= 0.6 is 15.6 Å². The van der Waals surface area contributed by atoms with E-state index in [9.17, 15) is 10.1 Å². The van der Waals surface area contributed by atoms with Gasteiger partial charge in [-0.1, -0.05) is 11.2 Å². The fourth-order valence-corrected chi connectivity index (χ4v) is 1.12. The molecule has 0 saturated heterocycles. The number of benzene rings is 1. The molecule has 15 nitrogen and oxygen atoms in total. The SMILES string of the molecule is CCNc1ccc(N=[N+]=[N-])cc1[N+](=O)[O-].O=P([O-])([O-])[O-].O=P([O-])([O-])[O-]. The molecule has 0 heterocycles. The lowest BCUT2D eigenvalue weighted by atomic mass is 10.2. The van der Waals surface area contributed by atoms with Crippen LogP contribution in [-0.4, -0.2) is 11.5 Å². The first kappa shape index (κ1) is 25.2. The van der Waals surface area contributed by atoms with Crippen LogP contribution < -0.4 is 34.7 Å². The summed E-state index contributed by atoms with van der Waals surface area (Å²) >= 11 is 0. The molecule has 0 aliphatic carbocycles. The zero-order valence-electron chi connectivity index (χ0n) is 12.2. The second-order valence-corrected chi connectivity index (χ2v) is 5.36. The van der Waals surface area contributed by atoms with Gasteiger partial charge in [-0.2, -0.15) is 15.6 Å². The third kappa shape index (κ3) is 19.9. The predicted octanol–water partition coefficient (Wildman–Crippen LogP) is -2.68. The zero-order chi connectivity index (χ0) is 20.3. The van der Waals surface area contributed by atoms with Gasteiger partial charge in [0.05, 0.1) is 4.92 Å². The number of nitrogens with one attached hydrogen (secondary N) is 1. The summed E-state index contributed by atoms with van der Waals surface area (Å²) in [6.45, 7) is 2.42. The Hall–Kier alpha value is -2.05. The molecule has 0 unspecified atom stereocenters. The van der Waals surface area contributed by atoms with Gasteiger partial charge in [-0.15, -0.1) is 0 Å². The summed E-state index contributed by atoms with van der Waals surface area (Å²) in [4.78, 5) is 64.0. The number of anilines is 1. The van der Waals surface area contributed by atoms with Gasteiger partial charge >= 0.3 is 0 Å². The fraction of sp³-hybridized carbons (Fsp3) is 0.250. The molecule has 1 aromatic carbocycles. The van der Waals surface area contributed by atoms with E-state index in [-0.39, 0.29) is 11.4 Å². The van der Waals surface area contributed by atoms with Crippen LogP contribution in [0.15, 0.2) is 23.3 Å². The second-order valence-electron chi connectivity index (χ2n) is 3.57. The number of hydrogen-bond acceptors (Lipinski definition) is 12. The first-order valence-electron chi connectivity index (χ1n) is 5.72. The summed E-state index contributed by atoms with van der Waals surface area (Å²) in [5.41, 5.74) is 8.74. The Labute approximate surface area is 139 Å². The van der Waals surface area contributed by atoms with Crippen molar-refractivity contribution < 1.29 is 43.4 Å². The van der Waals surface area contributed by atoms with Crippen molar-refractivity contribution in [3.8, 4) is 0 Å². The van der Waals surface area contributed by atoms with E-state index in [1.807, 2.05) is 6.92 Å². The van der Waals surface area contributed by atoms with Gasteiger partial charge < -0.3 is 43.8 Å². The Morgan fingerprint density at radius 3 is 1.92 bits per heavy atom. The van der Waals surface area contributed by atoms with Gasteiger partial charge in [0.2, 0.25) is 0 Å². The summed E-state index contributed by atoms with van der Waals surface area (Å²) < 4.78 is 17.1. The van der Waals surface area contributed by atoms with Crippen LogP contribution in [0.3, 0.4) is 0 Å². The molecule has 17 heteroatoms. The maximum atomic E-state index is 10.7. The number of nitrogens with zero attached hydrogens (tertiary/aromatic N) is 4. The highest BCUT2D eigenvalue weighted by Crippen LogP contribution is 2.29. The molecule has 142 valence electrons. The highest BCUT2D eigenvalue weighted by Gasteiger charge is 2.13. The quantitative estimate of drug-likeness (QED) is 0.136. The molecule has 1 N–H and O–H groups in total. The van der Waals surface area contributed by atoms with E-state index in [4.69, 9.17) is 44.0 Å². The van der Waals surface area contributed by atoms with E-state index >= 15 is 0 Å². The van der Waals surface area contributed by atoms with Crippen LogP contribution in [0.1, 0.15) is 6.92 Å². The van der Waals surface area contributed by atoms with Crippen LogP contribution in [0.4, 0.5) is 17.1 Å². The van der Waals surface area contributed by atoms with Crippen molar-refractivity contribution in [2.45, 2.75) is 6.92 Å². The zero-order valence-corrected chi connectivity index (χ0v) is 14.0. The minimum Gasteiger partial charge on any atom is -0.822 e. The van der Waals surface area contributed by atoms with Crippen LogP contribution in [-0.2, 0) is 9.13 Å². The van der Waals surface area contributed by atoms with Crippen molar-refractivity contribution in [3.05, 3.63) is 38.8 Å². The van der Waals surface area contributed by atoms with Gasteiger partial charge in [0.15, 0.2) is 0 Å². The molecule has 0 saturated carbocycles. The third-order valence-electron chi connectivity index (χ3n) is 1.71. The second kappa shape index (κ2) is 11.5. The van der Waals surface area contributed by atoms with Gasteiger partial charge in [0.1, 0.15) is 5.69 Å². The van der Waals surface area contributed by atoms with E-state index in [1.54, 1.807) is 0 Å². The van der Waals surface area contributed by atoms with E-state index in [0.717, 1.165) is 0 Å². The van der Waals surface area contributed by atoms with Gasteiger partial charge in [-0.05, 0) is 18.5 Å². The molecule has 0 aromatic heterocycles. The lowest BCUT2D eigenvalue weighted by molar-refractivity contribution is -0.434. The number of nitro groups is 1. The highest BCUT2D eigenvalue weighted by atomic mass is 31.2. The molecule has 0 fully saturated rings. The van der Waals surface area contributed by atoms with Crippen LogP contribution in [0.2, 0.25) is 0 Å². The van der Waals surface area contributed by atoms with Crippen molar-refractivity contribution in [1.82, 2.24) is 0 Å². The number of phosphoric acid groups is 2. The van der Waals surface area contributed by atoms with Gasteiger partial charge in [0.25, 0.3) is 5.69 Å². The smallest absolute Gasteiger partial charge is 0.292 e. The first-order chi connectivity index (χ1) is 11.2. The summed E-state index contributed by atoms with van der Waals surface area (Å²) in [5.74, 6) is 0. The molecular weight excluding hydrogens is 388 g/mol. The normalized spacial score (nSPS) is 10.2. The van der Waals surface area contributed by atoms with Crippen molar-refractivity contribution in [2.75, 3.05) is 11.9 Å². The summed E-state index contributed by atoms with van der Waals surface area (Å²) in [7, 11) is -10.8. The third-order valence-corrected chi connectivity index (χ3v) is 1.71. The maximum absolute atomic E-state index is 10.7. The molecule has 0 amide bonds. The summed E-state index contributed by atoms with van der Waals surface area (Å²) in [5, 5.41) is 16.8. The predicted molar refractivity (Wildman–Crippen MR) is 71.3 cm³/mol. The molecule has 0 aliphatic rings. The monoisotopic (exact) mass is 397 g/mol. The van der Waals surface area contributed by atoms with Crippen molar-refractivity contribution in [1.29, 1.82) is 0 Å². The molecule has 0 radical (unpaired) electrons. The topological polar surface area (TPSA) is 276 Å². The summed E-state index contributed by atoms with van der Waals surface area (Å²) in [6, 6.07) is 4.27. The lowest BCUT2D eigenvalue weighted by Gasteiger charge is -2.36. The largest absolute Gasteiger partial charge is 0.822 e. The fourth-order valence-electron chi connectivity index (χ4n) is 1.12. The first-order valence-corrected chi connectivity index (χ1v) is 8.64. The number of azide groups is 1. The number of nitro benzene ring substituents is 1. The number of rotatable bonds is 4. The Balaban J connectivity index is 0. The van der Waals surface area contributed by atoms with Crippen molar-refractivity contribution >= 4 is 32.7 Å². The van der Waals surface area contributed by atoms with Crippen molar-refractivity contribution in [3.63, 3.8) is 0 Å². The number of hydrogen-bond donors (Lipinski definition) is 1. The molecule has 0 atom stereocenters. The van der Waals surface area contributed by atoms with Gasteiger partial charge in [-0.3, -0.25) is 10.1 Å². The molecule has 0 bridgehead atoms. The van der Waals surface area contributed by atoms with Crippen molar-refractivity contribution in [2.24, 2.45) is 5.11 Å². The highest BCUT2D eigenvalue weighted by molar-refractivity contribution is 7.40.